The number of ether oxygens (including phenoxy) is 1. The molecule has 3 aliphatic rings. The Kier molecular flexibility index (Phi) is 6.13. The Hall–Kier alpha value is -0.610. The molecule has 0 spiro atoms. The lowest BCUT2D eigenvalue weighted by Crippen LogP contribution is -2.51. The van der Waals surface area contributed by atoms with Crippen molar-refractivity contribution < 1.29 is 9.53 Å². The molecule has 1 aliphatic carbocycles. The first kappa shape index (κ1) is 16.3. The average molecular weight is 308 g/mol. The van der Waals surface area contributed by atoms with Crippen molar-refractivity contribution in [1.82, 2.24) is 10.2 Å². The van der Waals surface area contributed by atoms with Gasteiger partial charge in [0.05, 0.1) is 6.04 Å². The smallest absolute Gasteiger partial charge is 0.237 e. The molecule has 2 saturated heterocycles. The lowest BCUT2D eigenvalue weighted by atomic mass is 9.96. The van der Waals surface area contributed by atoms with Crippen LogP contribution < -0.4 is 5.32 Å². The van der Waals surface area contributed by atoms with Gasteiger partial charge in [0.15, 0.2) is 0 Å². The Bertz CT molecular complexity index is 347. The summed E-state index contributed by atoms with van der Waals surface area (Å²) in [6, 6.07) is 1.10. The van der Waals surface area contributed by atoms with Crippen molar-refractivity contribution >= 4 is 5.91 Å². The molecule has 0 bridgehead atoms. The van der Waals surface area contributed by atoms with Crippen LogP contribution in [-0.4, -0.2) is 48.7 Å². The van der Waals surface area contributed by atoms with Crippen molar-refractivity contribution in [2.75, 3.05) is 19.8 Å². The molecule has 0 unspecified atom stereocenters. The Morgan fingerprint density at radius 1 is 0.864 bits per heavy atom. The van der Waals surface area contributed by atoms with Crippen molar-refractivity contribution in [2.24, 2.45) is 0 Å². The largest absolute Gasteiger partial charge is 0.381 e. The maximum absolute atomic E-state index is 12.8. The summed E-state index contributed by atoms with van der Waals surface area (Å²) in [7, 11) is 0. The van der Waals surface area contributed by atoms with Crippen LogP contribution >= 0.6 is 0 Å². The van der Waals surface area contributed by atoms with Crippen LogP contribution in [0.4, 0.5) is 0 Å². The van der Waals surface area contributed by atoms with Crippen LogP contribution in [0, 0.1) is 0 Å². The molecule has 22 heavy (non-hydrogen) atoms. The number of hydrogen-bond acceptors (Lipinski definition) is 3. The van der Waals surface area contributed by atoms with E-state index in [4.69, 9.17) is 4.74 Å². The second-order valence-electron chi connectivity index (χ2n) is 7.29. The molecule has 2 heterocycles. The summed E-state index contributed by atoms with van der Waals surface area (Å²) in [6.45, 7) is 2.81. The number of carbonyl (C=O) groups excluding carboxylic acids is 1. The monoisotopic (exact) mass is 308 g/mol. The predicted octanol–water partition coefficient (Wildman–Crippen LogP) is 2.86. The van der Waals surface area contributed by atoms with Gasteiger partial charge < -0.3 is 10.1 Å². The molecule has 126 valence electrons. The minimum absolute atomic E-state index is 0.119. The molecule has 0 aromatic heterocycles. The highest BCUT2D eigenvalue weighted by atomic mass is 16.5. The highest BCUT2D eigenvalue weighted by Crippen LogP contribution is 2.26. The molecule has 0 aromatic rings. The molecule has 1 N–H and O–H groups in total. The second kappa shape index (κ2) is 8.30. The fourth-order valence-electron chi connectivity index (χ4n) is 4.42. The van der Waals surface area contributed by atoms with Crippen LogP contribution in [0.5, 0.6) is 0 Å². The van der Waals surface area contributed by atoms with Gasteiger partial charge in [-0.2, -0.15) is 0 Å². The van der Waals surface area contributed by atoms with Crippen LogP contribution in [-0.2, 0) is 9.53 Å². The van der Waals surface area contributed by atoms with E-state index in [0.29, 0.717) is 18.0 Å². The molecular weight excluding hydrogens is 276 g/mol. The normalized spacial score (nSPS) is 29.9. The quantitative estimate of drug-likeness (QED) is 0.871. The lowest BCUT2D eigenvalue weighted by molar-refractivity contribution is -0.127. The Morgan fingerprint density at radius 3 is 2.27 bits per heavy atom. The van der Waals surface area contributed by atoms with E-state index in [9.17, 15) is 4.79 Å². The second-order valence-corrected chi connectivity index (χ2v) is 7.29. The van der Waals surface area contributed by atoms with Gasteiger partial charge in [-0.25, -0.2) is 0 Å². The first-order chi connectivity index (χ1) is 10.8. The Balaban J connectivity index is 1.53. The van der Waals surface area contributed by atoms with Crippen LogP contribution in [0.25, 0.3) is 0 Å². The number of nitrogens with one attached hydrogen (secondary N) is 1. The molecule has 0 aromatic carbocycles. The van der Waals surface area contributed by atoms with Crippen LogP contribution in [0.15, 0.2) is 0 Å². The standard InChI is InChI=1S/C18H32N2O2/c21-18(19-15-7-4-2-1-3-5-8-15)17-9-6-12-20(17)16-10-13-22-14-11-16/h15-17H,1-14H2,(H,19,21)/t17-/m0/s1. The van der Waals surface area contributed by atoms with Gasteiger partial charge in [0.2, 0.25) is 5.91 Å². The molecule has 3 rings (SSSR count). The lowest BCUT2D eigenvalue weighted by Gasteiger charge is -2.35. The zero-order valence-corrected chi connectivity index (χ0v) is 13.9. The molecule has 1 atom stereocenters. The van der Waals surface area contributed by atoms with Crippen molar-refractivity contribution in [1.29, 1.82) is 0 Å². The third-order valence-corrected chi connectivity index (χ3v) is 5.71. The van der Waals surface area contributed by atoms with Gasteiger partial charge in [-0.3, -0.25) is 9.69 Å². The number of rotatable bonds is 3. The van der Waals surface area contributed by atoms with Gasteiger partial charge >= 0.3 is 0 Å². The molecule has 1 amide bonds. The maximum atomic E-state index is 12.8. The molecular formula is C18H32N2O2. The summed E-state index contributed by atoms with van der Waals surface area (Å²) in [4.78, 5) is 15.3. The van der Waals surface area contributed by atoms with Gasteiger partial charge in [0, 0.05) is 25.3 Å². The molecule has 4 nitrogen and oxygen atoms in total. The molecule has 1 saturated carbocycles. The molecule has 4 heteroatoms. The number of amides is 1. The fraction of sp³-hybridized carbons (Fsp3) is 0.944. The van der Waals surface area contributed by atoms with Crippen molar-refractivity contribution in [2.45, 2.75) is 88.8 Å². The summed E-state index contributed by atoms with van der Waals surface area (Å²) >= 11 is 0. The number of carbonyl (C=O) groups is 1. The minimum Gasteiger partial charge on any atom is -0.381 e. The third kappa shape index (κ3) is 4.23. The first-order valence-corrected chi connectivity index (χ1v) is 9.48. The zero-order chi connectivity index (χ0) is 15.2. The predicted molar refractivity (Wildman–Crippen MR) is 87.8 cm³/mol. The van der Waals surface area contributed by atoms with Gasteiger partial charge in [0.25, 0.3) is 0 Å². The SMILES string of the molecule is O=C(NC1CCCCCCC1)[C@@H]1CCCN1C1CCOCC1. The van der Waals surface area contributed by atoms with Gasteiger partial charge in [-0.15, -0.1) is 0 Å². The number of nitrogens with zero attached hydrogens (tertiary/aromatic N) is 1. The number of hydrogen-bond donors (Lipinski definition) is 1. The minimum atomic E-state index is 0.119. The average Bonchev–Trinajstić information content (AvgIpc) is 3.00. The maximum Gasteiger partial charge on any atom is 0.237 e. The van der Waals surface area contributed by atoms with E-state index in [0.717, 1.165) is 39.0 Å². The van der Waals surface area contributed by atoms with Crippen LogP contribution in [0.3, 0.4) is 0 Å². The first-order valence-electron chi connectivity index (χ1n) is 9.48. The van der Waals surface area contributed by atoms with E-state index in [1.165, 1.54) is 51.4 Å². The highest BCUT2D eigenvalue weighted by molar-refractivity contribution is 5.82. The van der Waals surface area contributed by atoms with Gasteiger partial charge in [-0.05, 0) is 45.1 Å². The summed E-state index contributed by atoms with van der Waals surface area (Å²) < 4.78 is 5.48. The molecule has 3 fully saturated rings. The topological polar surface area (TPSA) is 41.6 Å². The van der Waals surface area contributed by atoms with E-state index >= 15 is 0 Å². The summed E-state index contributed by atoms with van der Waals surface area (Å²) in [6.07, 6.45) is 13.3. The summed E-state index contributed by atoms with van der Waals surface area (Å²) in [5, 5.41) is 3.39. The molecule has 0 radical (unpaired) electrons. The highest BCUT2D eigenvalue weighted by Gasteiger charge is 2.36. The van der Waals surface area contributed by atoms with Gasteiger partial charge in [-0.1, -0.05) is 32.1 Å². The summed E-state index contributed by atoms with van der Waals surface area (Å²) in [5.41, 5.74) is 0. The van der Waals surface area contributed by atoms with E-state index in [2.05, 4.69) is 10.2 Å². The number of likely N-dealkylation sites (tertiary alicyclic amines) is 1. The van der Waals surface area contributed by atoms with Crippen LogP contribution in [0.2, 0.25) is 0 Å². The Morgan fingerprint density at radius 2 is 1.55 bits per heavy atom. The molecule has 2 aliphatic heterocycles. The van der Waals surface area contributed by atoms with E-state index in [1.807, 2.05) is 0 Å². The van der Waals surface area contributed by atoms with E-state index < -0.39 is 0 Å². The van der Waals surface area contributed by atoms with E-state index in [1.54, 1.807) is 0 Å². The van der Waals surface area contributed by atoms with Crippen molar-refractivity contribution in [3.63, 3.8) is 0 Å². The van der Waals surface area contributed by atoms with Crippen LogP contribution in [0.1, 0.15) is 70.6 Å². The Labute approximate surface area is 135 Å². The summed E-state index contributed by atoms with van der Waals surface area (Å²) in [5.74, 6) is 0.301. The fourth-order valence-corrected chi connectivity index (χ4v) is 4.42. The van der Waals surface area contributed by atoms with E-state index in [-0.39, 0.29) is 6.04 Å². The third-order valence-electron chi connectivity index (χ3n) is 5.71. The van der Waals surface area contributed by atoms with Crippen molar-refractivity contribution in [3.8, 4) is 0 Å². The van der Waals surface area contributed by atoms with Gasteiger partial charge in [0.1, 0.15) is 0 Å². The van der Waals surface area contributed by atoms with Crippen molar-refractivity contribution in [3.05, 3.63) is 0 Å². The zero-order valence-electron chi connectivity index (χ0n) is 13.9.